The van der Waals surface area contributed by atoms with Crippen LogP contribution in [0, 0.1) is 0 Å². The number of urea groups is 1. The number of aldehydes is 1. The van der Waals surface area contributed by atoms with Gasteiger partial charge >= 0.3 is 6.03 Å². The number of nitrogens with zero attached hydrogens (tertiary/aromatic N) is 6. The molecule has 4 aromatic rings. The molecule has 4 heterocycles. The first-order chi connectivity index (χ1) is 23.3. The van der Waals surface area contributed by atoms with Crippen LogP contribution in [0.2, 0.25) is 0 Å². The maximum atomic E-state index is 13.5. The summed E-state index contributed by atoms with van der Waals surface area (Å²) in [6.45, 7) is 15.4. The molecule has 13 nitrogen and oxygen atoms in total. The highest BCUT2D eigenvalue weighted by molar-refractivity contribution is 5.94. The van der Waals surface area contributed by atoms with Crippen LogP contribution in [0.5, 0.6) is 5.75 Å². The van der Waals surface area contributed by atoms with Crippen molar-refractivity contribution in [2.45, 2.75) is 70.4 Å². The number of fused-ring (bicyclic) bond motifs is 2. The molecule has 13 heteroatoms. The maximum absolute atomic E-state index is 13.5. The molecule has 0 spiro atoms. The van der Waals surface area contributed by atoms with E-state index in [9.17, 15) is 14.4 Å². The molecule has 0 unspecified atom stereocenters. The van der Waals surface area contributed by atoms with Gasteiger partial charge in [-0.05, 0) is 49.4 Å². The molecule has 2 atom stereocenters. The first kappa shape index (κ1) is 33.7. The maximum Gasteiger partial charge on any atom is 0.321 e. The fraction of sp³-hybridized carbons (Fsp3) is 0.417. The molecule has 1 aliphatic carbocycles. The lowest BCUT2D eigenvalue weighted by molar-refractivity contribution is -0.111. The molecule has 0 radical (unpaired) electrons. The van der Waals surface area contributed by atoms with Crippen LogP contribution in [-0.2, 0) is 21.2 Å². The van der Waals surface area contributed by atoms with Crippen molar-refractivity contribution >= 4 is 29.7 Å². The highest BCUT2D eigenvalue weighted by Gasteiger charge is 2.38. The van der Waals surface area contributed by atoms with Crippen molar-refractivity contribution in [1.82, 2.24) is 40.1 Å². The van der Waals surface area contributed by atoms with Crippen LogP contribution in [0.15, 0.2) is 60.8 Å². The van der Waals surface area contributed by atoms with Gasteiger partial charge in [0.2, 0.25) is 5.82 Å². The summed E-state index contributed by atoms with van der Waals surface area (Å²) in [7, 11) is 0. The number of likely N-dealkylation sites (tertiary alicyclic amines) is 1. The first-order valence-corrected chi connectivity index (χ1v) is 16.5. The summed E-state index contributed by atoms with van der Waals surface area (Å²) in [5, 5.41) is 17.1. The number of aromatic nitrogens is 5. The monoisotopic (exact) mass is 665 g/mol. The van der Waals surface area contributed by atoms with Gasteiger partial charge < -0.3 is 20.3 Å². The van der Waals surface area contributed by atoms with Gasteiger partial charge in [0.05, 0.1) is 11.9 Å². The Labute approximate surface area is 285 Å². The topological polar surface area (TPSA) is 156 Å². The van der Waals surface area contributed by atoms with Gasteiger partial charge in [-0.1, -0.05) is 65.8 Å². The van der Waals surface area contributed by atoms with E-state index in [0.717, 1.165) is 25.5 Å². The Hall–Kier alpha value is -5.17. The smallest absolute Gasteiger partial charge is 0.321 e. The quantitative estimate of drug-likeness (QED) is 0.174. The van der Waals surface area contributed by atoms with Crippen molar-refractivity contribution in [3.05, 3.63) is 89.3 Å². The Balaban J connectivity index is 1.22. The predicted molar refractivity (Wildman–Crippen MR) is 185 cm³/mol. The van der Waals surface area contributed by atoms with Gasteiger partial charge in [0.1, 0.15) is 29.0 Å². The van der Waals surface area contributed by atoms with Crippen molar-refractivity contribution in [2.75, 3.05) is 31.5 Å². The van der Waals surface area contributed by atoms with E-state index in [4.69, 9.17) is 4.74 Å². The van der Waals surface area contributed by atoms with Crippen LogP contribution >= 0.6 is 0 Å². The van der Waals surface area contributed by atoms with Crippen molar-refractivity contribution in [2.24, 2.45) is 0 Å². The number of benzene rings is 1. The van der Waals surface area contributed by atoms with Gasteiger partial charge in [-0.25, -0.2) is 14.8 Å². The highest BCUT2D eigenvalue weighted by atomic mass is 16.5. The Kier molecular flexibility index (Phi) is 8.97. The summed E-state index contributed by atoms with van der Waals surface area (Å²) in [5.74, 6) is 1.06. The molecular formula is C36H43N9O4. The van der Waals surface area contributed by atoms with E-state index in [1.807, 2.05) is 55.6 Å². The van der Waals surface area contributed by atoms with Gasteiger partial charge in [0.15, 0.2) is 11.9 Å². The van der Waals surface area contributed by atoms with Crippen molar-refractivity contribution in [3.63, 3.8) is 0 Å². The van der Waals surface area contributed by atoms with Crippen LogP contribution < -0.4 is 20.7 Å². The number of nitrogens with one attached hydrogen (secondary N) is 3. The molecular weight excluding hydrogens is 622 g/mol. The molecule has 1 saturated heterocycles. The van der Waals surface area contributed by atoms with E-state index in [1.165, 1.54) is 6.42 Å². The molecule has 2 aliphatic rings. The van der Waals surface area contributed by atoms with Crippen molar-refractivity contribution < 1.29 is 19.1 Å². The number of pyridine rings is 1. The summed E-state index contributed by atoms with van der Waals surface area (Å²) in [6.07, 6.45) is 6.55. The Morgan fingerprint density at radius 3 is 2.49 bits per heavy atom. The fourth-order valence-corrected chi connectivity index (χ4v) is 5.84. The standard InChI is InChI=1S/C36H43N9O4/c1-34(2,3)27-20-28(39-30(38-27)31(47)37-16-19-44-17-9-18-44)40-33(48)41-36(22-46)15-14-26(24-10-7-8-11-25(24)36)49-23-12-13-29-42-43-32(35(4,5)6)45(29)21-23/h7-8,10-15,20-22,26H,9,16-19H2,1-6H3,(H,37,47)(H2,38,39,40,41,48)/t26-,36-/m1/s1. The third-order valence-electron chi connectivity index (χ3n) is 8.66. The number of rotatable bonds is 9. The number of hydrogen-bond acceptors (Lipinski definition) is 9. The van der Waals surface area contributed by atoms with E-state index in [1.54, 1.807) is 30.4 Å². The average Bonchev–Trinajstić information content (AvgIpc) is 3.47. The lowest BCUT2D eigenvalue weighted by Crippen LogP contribution is -2.49. The lowest BCUT2D eigenvalue weighted by atomic mass is 9.81. The zero-order chi connectivity index (χ0) is 35.0. The summed E-state index contributed by atoms with van der Waals surface area (Å²) < 4.78 is 8.34. The number of anilines is 1. The lowest BCUT2D eigenvalue weighted by Gasteiger charge is -2.34. The van der Waals surface area contributed by atoms with Gasteiger partial charge in [0.25, 0.3) is 5.91 Å². The number of carbonyl (C=O) groups excluding carboxylic acids is 3. The molecule has 49 heavy (non-hydrogen) atoms. The molecule has 1 fully saturated rings. The van der Waals surface area contributed by atoms with Gasteiger partial charge in [0, 0.05) is 35.5 Å². The molecule has 1 aliphatic heterocycles. The zero-order valence-corrected chi connectivity index (χ0v) is 28.8. The SMILES string of the molecule is CC(C)(C)c1cc(NC(=O)N[C@@]2(C=O)C=C[C@@H](Oc3ccc4nnc(C(C)(C)C)n4c3)c3ccccc32)nc(C(=O)NCCN2CCC2)n1. The third kappa shape index (κ3) is 7.16. The van der Waals surface area contributed by atoms with Gasteiger partial charge in [-0.15, -0.1) is 10.2 Å². The Morgan fingerprint density at radius 2 is 1.80 bits per heavy atom. The zero-order valence-electron chi connectivity index (χ0n) is 28.8. The summed E-state index contributed by atoms with van der Waals surface area (Å²) >= 11 is 0. The molecule has 6 rings (SSSR count). The van der Waals surface area contributed by atoms with Crippen LogP contribution in [0.4, 0.5) is 10.6 Å². The second kappa shape index (κ2) is 13.0. The summed E-state index contributed by atoms with van der Waals surface area (Å²) in [6, 6.07) is 11.9. The third-order valence-corrected chi connectivity index (χ3v) is 8.66. The van der Waals surface area contributed by atoms with Gasteiger partial charge in [-0.2, -0.15) is 0 Å². The van der Waals surface area contributed by atoms with E-state index in [-0.39, 0.29) is 17.1 Å². The van der Waals surface area contributed by atoms with Crippen LogP contribution in [0.3, 0.4) is 0 Å². The van der Waals surface area contributed by atoms with E-state index >= 15 is 0 Å². The first-order valence-electron chi connectivity index (χ1n) is 16.5. The Morgan fingerprint density at radius 1 is 1.02 bits per heavy atom. The minimum atomic E-state index is -1.49. The largest absolute Gasteiger partial charge is 0.480 e. The molecule has 3 N–H and O–H groups in total. The summed E-state index contributed by atoms with van der Waals surface area (Å²) in [5.41, 5.74) is 0.417. The van der Waals surface area contributed by atoms with Crippen molar-refractivity contribution in [3.8, 4) is 5.75 Å². The van der Waals surface area contributed by atoms with Crippen LogP contribution in [-0.4, -0.2) is 73.9 Å². The van der Waals surface area contributed by atoms with Crippen molar-refractivity contribution in [1.29, 1.82) is 0 Å². The number of hydrogen-bond donors (Lipinski definition) is 3. The minimum absolute atomic E-state index is 0.0429. The van der Waals surface area contributed by atoms with Crippen LogP contribution in [0.1, 0.15) is 87.3 Å². The molecule has 3 aromatic heterocycles. The average molecular weight is 666 g/mol. The van der Waals surface area contributed by atoms with E-state index in [0.29, 0.717) is 41.0 Å². The normalized spacial score (nSPS) is 19.1. The predicted octanol–water partition coefficient (Wildman–Crippen LogP) is 4.46. The van der Waals surface area contributed by atoms with Gasteiger partial charge in [-0.3, -0.25) is 19.3 Å². The molecule has 0 saturated carbocycles. The molecule has 0 bridgehead atoms. The molecule has 3 amide bonds. The summed E-state index contributed by atoms with van der Waals surface area (Å²) in [4.78, 5) is 50.5. The Bertz CT molecular complexity index is 1920. The second-order valence-electron chi connectivity index (χ2n) is 14.6. The molecule has 256 valence electrons. The van der Waals surface area contributed by atoms with E-state index in [2.05, 4.69) is 61.8 Å². The number of ether oxygens (including phenoxy) is 1. The minimum Gasteiger partial charge on any atom is -0.480 e. The molecule has 1 aromatic carbocycles. The highest BCUT2D eigenvalue weighted by Crippen LogP contribution is 2.37. The van der Waals surface area contributed by atoms with Crippen LogP contribution in [0.25, 0.3) is 5.65 Å². The van der Waals surface area contributed by atoms with E-state index < -0.39 is 29.0 Å². The second-order valence-corrected chi connectivity index (χ2v) is 14.6. The fourth-order valence-electron chi connectivity index (χ4n) is 5.84. The number of carbonyl (C=O) groups is 3. The number of amides is 3.